The van der Waals surface area contributed by atoms with Gasteiger partial charge in [0.25, 0.3) is 5.69 Å². The van der Waals surface area contributed by atoms with Crippen LogP contribution >= 0.6 is 0 Å². The highest BCUT2D eigenvalue weighted by atomic mass is 16.6. The largest absolute Gasteiger partial charge is 0.354 e. The molecule has 88 valence electrons. The predicted molar refractivity (Wildman–Crippen MR) is 72.2 cm³/mol. The molecule has 0 bridgehead atoms. The van der Waals surface area contributed by atoms with Crippen LogP contribution in [0.15, 0.2) is 42.5 Å². The monoisotopic (exact) mass is 238 g/mol. The number of nitrogens with one attached hydrogen (secondary N) is 1. The van der Waals surface area contributed by atoms with Gasteiger partial charge in [0, 0.05) is 17.3 Å². The maximum Gasteiger partial charge on any atom is 0.279 e. The van der Waals surface area contributed by atoms with Gasteiger partial charge in [0.2, 0.25) is 0 Å². The molecule has 1 aromatic heterocycles. The molecule has 0 atom stereocenters. The highest BCUT2D eigenvalue weighted by Crippen LogP contribution is 2.32. The van der Waals surface area contributed by atoms with Crippen LogP contribution < -0.4 is 0 Å². The molecule has 2 aromatic rings. The number of non-ortho nitro benzene ring substituents is 1. The van der Waals surface area contributed by atoms with E-state index >= 15 is 0 Å². The zero-order chi connectivity index (χ0) is 12.5. The summed E-state index contributed by atoms with van der Waals surface area (Å²) in [5.74, 6) is 0. The van der Waals surface area contributed by atoms with Gasteiger partial charge in [0.1, 0.15) is 0 Å². The quantitative estimate of drug-likeness (QED) is 0.608. The van der Waals surface area contributed by atoms with Gasteiger partial charge in [0.15, 0.2) is 0 Å². The van der Waals surface area contributed by atoms with E-state index in [1.165, 1.54) is 6.07 Å². The second-order valence-electron chi connectivity index (χ2n) is 4.01. The molecule has 0 spiro atoms. The molecule has 4 heteroatoms. The maximum absolute atomic E-state index is 11.1. The van der Waals surface area contributed by atoms with Crippen molar-refractivity contribution < 1.29 is 4.92 Å². The lowest BCUT2D eigenvalue weighted by Gasteiger charge is -1.97. The van der Waals surface area contributed by atoms with Crippen LogP contribution in [-0.2, 0) is 0 Å². The molecule has 0 amide bonds. The molecule has 0 aliphatic heterocycles. The highest BCUT2D eigenvalue weighted by Gasteiger charge is 2.18. The van der Waals surface area contributed by atoms with Crippen LogP contribution in [0.2, 0.25) is 0 Å². The lowest BCUT2D eigenvalue weighted by atomic mass is 10.1. The summed E-state index contributed by atoms with van der Waals surface area (Å²) in [5.41, 5.74) is 2.66. The molecular weight excluding hydrogens is 228 g/mol. The number of nitro groups is 1. The Bertz CT molecular complexity index is 721. The zero-order valence-corrected chi connectivity index (χ0v) is 9.46. The predicted octanol–water partition coefficient (Wildman–Crippen LogP) is 3.67. The maximum atomic E-state index is 11.1. The van der Waals surface area contributed by atoms with Gasteiger partial charge in [-0.05, 0) is 12.1 Å². The van der Waals surface area contributed by atoms with Crippen molar-refractivity contribution in [2.24, 2.45) is 0 Å². The van der Waals surface area contributed by atoms with Gasteiger partial charge < -0.3 is 4.98 Å². The molecule has 18 heavy (non-hydrogen) atoms. The van der Waals surface area contributed by atoms with Crippen molar-refractivity contribution in [1.82, 2.24) is 4.98 Å². The molecule has 4 nitrogen and oxygen atoms in total. The standard InChI is InChI=1S/C14H10N2O2/c17-16(18)13-9-5-8-12-14(13)10-6-3-1-2-4-7-11(10)15-12/h1-9,15H/b2-1-,3-1?,4-2?,6-3-,7-4?,10-6?,11-7?. The number of allylic oxidation sites excluding steroid dienone is 4. The van der Waals surface area contributed by atoms with Gasteiger partial charge in [0.05, 0.1) is 15.8 Å². The molecule has 1 N–H and O–H groups in total. The van der Waals surface area contributed by atoms with E-state index in [1.807, 2.05) is 42.5 Å². The summed E-state index contributed by atoms with van der Waals surface area (Å²) in [6.45, 7) is 0. The van der Waals surface area contributed by atoms with E-state index in [0.717, 1.165) is 16.8 Å². The van der Waals surface area contributed by atoms with Crippen molar-refractivity contribution in [2.75, 3.05) is 0 Å². The SMILES string of the molecule is O=[N+]([O-])c1cccc2[nH]c3c(c12)/C=C\C=C/C=C3. The van der Waals surface area contributed by atoms with Crippen LogP contribution in [0.3, 0.4) is 0 Å². The van der Waals surface area contributed by atoms with Crippen molar-refractivity contribution in [3.8, 4) is 0 Å². The van der Waals surface area contributed by atoms with Crippen LogP contribution in [0.25, 0.3) is 23.1 Å². The highest BCUT2D eigenvalue weighted by molar-refractivity contribution is 5.99. The summed E-state index contributed by atoms with van der Waals surface area (Å²) in [6, 6.07) is 5.07. The van der Waals surface area contributed by atoms with Gasteiger partial charge in [-0.3, -0.25) is 10.1 Å². The number of aromatic amines is 1. The third-order valence-electron chi connectivity index (χ3n) is 2.93. The minimum absolute atomic E-state index is 0.132. The minimum Gasteiger partial charge on any atom is -0.354 e. The number of aromatic nitrogens is 1. The molecule has 0 saturated heterocycles. The first-order chi connectivity index (χ1) is 8.77. The van der Waals surface area contributed by atoms with Gasteiger partial charge in [-0.15, -0.1) is 0 Å². The lowest BCUT2D eigenvalue weighted by molar-refractivity contribution is -0.383. The summed E-state index contributed by atoms with van der Waals surface area (Å²) in [5, 5.41) is 11.7. The molecule has 0 fully saturated rings. The van der Waals surface area contributed by atoms with Crippen LogP contribution in [0, 0.1) is 10.1 Å². The van der Waals surface area contributed by atoms with Crippen molar-refractivity contribution in [2.45, 2.75) is 0 Å². The van der Waals surface area contributed by atoms with Gasteiger partial charge in [-0.2, -0.15) is 0 Å². The van der Waals surface area contributed by atoms with Crippen molar-refractivity contribution in [3.63, 3.8) is 0 Å². The van der Waals surface area contributed by atoms with Crippen LogP contribution in [-0.4, -0.2) is 9.91 Å². The van der Waals surface area contributed by atoms with E-state index in [0.29, 0.717) is 5.39 Å². The van der Waals surface area contributed by atoms with E-state index in [-0.39, 0.29) is 10.6 Å². The number of H-pyrrole nitrogens is 1. The Labute approximate surface area is 103 Å². The Hall–Kier alpha value is -2.62. The van der Waals surface area contributed by atoms with Crippen LogP contribution in [0.5, 0.6) is 0 Å². The summed E-state index contributed by atoms with van der Waals surface area (Å²) in [4.78, 5) is 13.9. The average Bonchev–Trinajstić information content (AvgIpc) is 2.66. The summed E-state index contributed by atoms with van der Waals surface area (Å²) in [7, 11) is 0. The van der Waals surface area contributed by atoms with Crippen molar-refractivity contribution in [1.29, 1.82) is 0 Å². The summed E-state index contributed by atoms with van der Waals surface area (Å²) < 4.78 is 0. The lowest BCUT2D eigenvalue weighted by Crippen LogP contribution is -1.89. The Balaban J connectivity index is 2.40. The number of fused-ring (bicyclic) bond motifs is 3. The van der Waals surface area contributed by atoms with Crippen molar-refractivity contribution >= 4 is 28.7 Å². The molecule has 1 aliphatic rings. The fraction of sp³-hybridized carbons (Fsp3) is 0. The number of benzene rings is 1. The fourth-order valence-corrected chi connectivity index (χ4v) is 2.16. The van der Waals surface area contributed by atoms with E-state index in [2.05, 4.69) is 4.98 Å². The first-order valence-corrected chi connectivity index (χ1v) is 5.58. The van der Waals surface area contributed by atoms with E-state index in [1.54, 1.807) is 6.07 Å². The summed E-state index contributed by atoms with van der Waals surface area (Å²) >= 11 is 0. The number of nitrogens with zero attached hydrogens (tertiary/aromatic N) is 1. The molecule has 3 rings (SSSR count). The van der Waals surface area contributed by atoms with Gasteiger partial charge in [-0.25, -0.2) is 0 Å². The third kappa shape index (κ3) is 1.55. The Morgan fingerprint density at radius 1 is 1.06 bits per heavy atom. The topological polar surface area (TPSA) is 58.9 Å². The molecular formula is C14H10N2O2. The van der Waals surface area contributed by atoms with E-state index in [9.17, 15) is 10.1 Å². The molecule has 1 aromatic carbocycles. The fourth-order valence-electron chi connectivity index (χ4n) is 2.16. The van der Waals surface area contributed by atoms with Crippen molar-refractivity contribution in [3.05, 3.63) is 63.9 Å². The van der Waals surface area contributed by atoms with Gasteiger partial charge >= 0.3 is 0 Å². The second kappa shape index (κ2) is 4.00. The zero-order valence-electron chi connectivity index (χ0n) is 9.46. The minimum atomic E-state index is -0.345. The number of hydrogen-bond acceptors (Lipinski definition) is 2. The molecule has 0 unspecified atom stereocenters. The second-order valence-corrected chi connectivity index (χ2v) is 4.01. The van der Waals surface area contributed by atoms with Gasteiger partial charge in [-0.1, -0.05) is 36.4 Å². The Morgan fingerprint density at radius 3 is 2.61 bits per heavy atom. The molecule has 0 radical (unpaired) electrons. The normalized spacial score (nSPS) is 16.9. The van der Waals surface area contributed by atoms with E-state index < -0.39 is 0 Å². The average molecular weight is 238 g/mol. The molecule has 0 saturated carbocycles. The smallest absolute Gasteiger partial charge is 0.279 e. The number of rotatable bonds is 1. The first kappa shape index (κ1) is 10.5. The number of hydrogen-bond donors (Lipinski definition) is 1. The summed E-state index contributed by atoms with van der Waals surface area (Å²) in [6.07, 6.45) is 11.4. The Morgan fingerprint density at radius 2 is 1.83 bits per heavy atom. The first-order valence-electron chi connectivity index (χ1n) is 5.58. The Kier molecular flexibility index (Phi) is 2.34. The van der Waals surface area contributed by atoms with Crippen LogP contribution in [0.4, 0.5) is 5.69 Å². The number of nitro benzene ring substituents is 1. The molecule has 1 heterocycles. The van der Waals surface area contributed by atoms with E-state index in [4.69, 9.17) is 0 Å². The molecule has 1 aliphatic carbocycles. The third-order valence-corrected chi connectivity index (χ3v) is 2.93. The van der Waals surface area contributed by atoms with Crippen LogP contribution in [0.1, 0.15) is 11.3 Å².